The second-order valence-electron chi connectivity index (χ2n) is 4.42. The molecule has 1 fully saturated rings. The first-order chi connectivity index (χ1) is 7.35. The normalized spacial score (nSPS) is 24.8. The maximum absolute atomic E-state index is 11.6. The molecule has 0 bridgehead atoms. The summed E-state index contributed by atoms with van der Waals surface area (Å²) in [5, 5.41) is 15.6. The largest absolute Gasteiger partial charge is 0.410 e. The van der Waals surface area contributed by atoms with Crippen LogP contribution in [0.1, 0.15) is 26.7 Å². The summed E-state index contributed by atoms with van der Waals surface area (Å²) in [5.41, 5.74) is 7.76. The summed E-state index contributed by atoms with van der Waals surface area (Å²) in [6.07, 6.45) is 0.853. The highest BCUT2D eigenvalue weighted by atomic mass is 32.1. The van der Waals surface area contributed by atoms with Gasteiger partial charge in [-0.15, -0.1) is 0 Å². The van der Waals surface area contributed by atoms with Crippen molar-refractivity contribution in [2.75, 3.05) is 0 Å². The number of nitrogens with two attached hydrogens (primary N) is 1. The second kappa shape index (κ2) is 4.56. The number of ketones is 1. The van der Waals surface area contributed by atoms with Gasteiger partial charge in [0.15, 0.2) is 16.6 Å². The Kier molecular flexibility index (Phi) is 3.58. The minimum Gasteiger partial charge on any atom is -0.410 e. The zero-order chi connectivity index (χ0) is 12.3. The van der Waals surface area contributed by atoms with Crippen molar-refractivity contribution in [3.8, 4) is 0 Å². The van der Waals surface area contributed by atoms with E-state index in [0.717, 1.165) is 0 Å². The predicted octanol–water partition coefficient (Wildman–Crippen LogP) is 0.395. The van der Waals surface area contributed by atoms with Crippen LogP contribution in [0.3, 0.4) is 0 Å². The summed E-state index contributed by atoms with van der Waals surface area (Å²) in [4.78, 5) is 11.6. The number of carbonyl (C=O) groups is 1. The maximum atomic E-state index is 11.6. The average Bonchev–Trinajstić information content (AvgIpc) is 2.12. The van der Waals surface area contributed by atoms with Crippen LogP contribution in [0.2, 0.25) is 0 Å². The smallest absolute Gasteiger partial charge is 0.187 e. The fraction of sp³-hybridized carbons (Fsp3) is 0.556. The molecule has 0 unspecified atom stereocenters. The summed E-state index contributed by atoms with van der Waals surface area (Å²) in [6.45, 7) is 3.88. The van der Waals surface area contributed by atoms with Crippen LogP contribution in [0.4, 0.5) is 0 Å². The van der Waals surface area contributed by atoms with Crippen molar-refractivity contribution >= 4 is 34.5 Å². The number of oxime groups is 1. The summed E-state index contributed by atoms with van der Waals surface area (Å²) in [5.74, 6) is -0.234. The Balaban J connectivity index is 2.98. The molecule has 0 spiro atoms. The number of rotatable bonds is 1. The molecule has 0 radical (unpaired) electrons. The Morgan fingerprint density at radius 3 is 2.69 bits per heavy atom. The first-order valence-corrected chi connectivity index (χ1v) is 5.14. The van der Waals surface area contributed by atoms with Gasteiger partial charge in [0.05, 0.1) is 5.71 Å². The molecule has 0 saturated heterocycles. The molecular formula is C9H14N4O2S. The molecule has 88 valence electrons. The molecule has 4 N–H and O–H groups in total. The van der Waals surface area contributed by atoms with Gasteiger partial charge >= 0.3 is 0 Å². The van der Waals surface area contributed by atoms with Crippen molar-refractivity contribution < 1.29 is 10.0 Å². The number of Topliss-reactive ketones (excluding diaryl/α,β-unsaturated/α-hetero) is 1. The van der Waals surface area contributed by atoms with Crippen LogP contribution in [0, 0.1) is 5.41 Å². The van der Waals surface area contributed by atoms with E-state index < -0.39 is 0 Å². The predicted molar refractivity (Wildman–Crippen MR) is 64.6 cm³/mol. The molecule has 1 aliphatic carbocycles. The molecule has 0 aromatic rings. The standard InChI is InChI=1S/C9H14N4O2S/c1-9(2)3-5(11-12-8(10)16)7(13-15)6(14)4-9/h15H,3-4H2,1-2H3,(H3,10,12,16)/b11-5-,13-7+. The Bertz CT molecular complexity index is 387. The molecule has 0 aromatic heterocycles. The summed E-state index contributed by atoms with van der Waals surface area (Å²) in [6, 6.07) is 0. The summed E-state index contributed by atoms with van der Waals surface area (Å²) in [7, 11) is 0. The van der Waals surface area contributed by atoms with Gasteiger partial charge in [-0.3, -0.25) is 10.2 Å². The second-order valence-corrected chi connectivity index (χ2v) is 4.86. The summed E-state index contributed by atoms with van der Waals surface area (Å²) >= 11 is 4.60. The Morgan fingerprint density at radius 2 is 2.19 bits per heavy atom. The highest BCUT2D eigenvalue weighted by Gasteiger charge is 2.36. The van der Waals surface area contributed by atoms with E-state index in [2.05, 4.69) is 27.9 Å². The number of nitrogens with one attached hydrogen (secondary N) is 1. The van der Waals surface area contributed by atoms with Gasteiger partial charge in [0.1, 0.15) is 0 Å². The molecule has 0 atom stereocenters. The molecule has 0 aliphatic heterocycles. The van der Waals surface area contributed by atoms with E-state index in [1.807, 2.05) is 13.8 Å². The fourth-order valence-electron chi connectivity index (χ4n) is 1.61. The van der Waals surface area contributed by atoms with Gasteiger partial charge in [-0.25, -0.2) is 0 Å². The lowest BCUT2D eigenvalue weighted by atomic mass is 9.75. The van der Waals surface area contributed by atoms with Crippen molar-refractivity contribution in [2.45, 2.75) is 26.7 Å². The fourth-order valence-corrected chi connectivity index (χ4v) is 1.65. The lowest BCUT2D eigenvalue weighted by Gasteiger charge is -2.29. The Morgan fingerprint density at radius 1 is 1.56 bits per heavy atom. The zero-order valence-corrected chi connectivity index (χ0v) is 9.97. The van der Waals surface area contributed by atoms with E-state index in [-0.39, 0.29) is 22.0 Å². The van der Waals surface area contributed by atoms with Gasteiger partial charge in [-0.05, 0) is 24.1 Å². The highest BCUT2D eigenvalue weighted by Crippen LogP contribution is 2.30. The summed E-state index contributed by atoms with van der Waals surface area (Å²) < 4.78 is 0. The van der Waals surface area contributed by atoms with Crippen LogP contribution in [0.25, 0.3) is 0 Å². The maximum Gasteiger partial charge on any atom is 0.187 e. The Hall–Kier alpha value is -1.50. The average molecular weight is 242 g/mol. The molecule has 7 heteroatoms. The molecule has 6 nitrogen and oxygen atoms in total. The minimum atomic E-state index is -0.234. The lowest BCUT2D eigenvalue weighted by molar-refractivity contribution is -0.114. The van der Waals surface area contributed by atoms with Crippen molar-refractivity contribution in [1.82, 2.24) is 5.43 Å². The van der Waals surface area contributed by atoms with Gasteiger partial charge in [0, 0.05) is 6.42 Å². The first kappa shape index (κ1) is 12.6. The van der Waals surface area contributed by atoms with E-state index in [9.17, 15) is 4.79 Å². The van der Waals surface area contributed by atoms with Crippen LogP contribution in [0.5, 0.6) is 0 Å². The monoisotopic (exact) mass is 242 g/mol. The number of hydrogen-bond acceptors (Lipinski definition) is 5. The molecule has 16 heavy (non-hydrogen) atoms. The van der Waals surface area contributed by atoms with E-state index in [0.29, 0.717) is 18.6 Å². The zero-order valence-electron chi connectivity index (χ0n) is 9.15. The molecule has 1 rings (SSSR count). The third-order valence-corrected chi connectivity index (χ3v) is 2.31. The molecule has 0 aromatic carbocycles. The van der Waals surface area contributed by atoms with Gasteiger partial charge < -0.3 is 10.9 Å². The quantitative estimate of drug-likeness (QED) is 0.351. The third kappa shape index (κ3) is 2.99. The van der Waals surface area contributed by atoms with Gasteiger partial charge in [0.25, 0.3) is 0 Å². The van der Waals surface area contributed by atoms with Gasteiger partial charge in [0.2, 0.25) is 0 Å². The Labute approximate surface area is 98.6 Å². The molecule has 0 amide bonds. The lowest BCUT2D eigenvalue weighted by Crippen LogP contribution is -2.40. The van der Waals surface area contributed by atoms with Gasteiger partial charge in [-0.2, -0.15) is 5.10 Å². The topological polar surface area (TPSA) is 100 Å². The van der Waals surface area contributed by atoms with Crippen LogP contribution in [-0.4, -0.2) is 27.5 Å². The molecular weight excluding hydrogens is 228 g/mol. The number of carbonyl (C=O) groups excluding carboxylic acids is 1. The number of hydrogen-bond donors (Lipinski definition) is 3. The molecule has 0 heterocycles. The minimum absolute atomic E-state index is 0.000573. The van der Waals surface area contributed by atoms with Crippen molar-refractivity contribution in [3.63, 3.8) is 0 Å². The number of nitrogens with zero attached hydrogens (tertiary/aromatic N) is 2. The third-order valence-electron chi connectivity index (χ3n) is 2.22. The van der Waals surface area contributed by atoms with E-state index in [1.165, 1.54) is 0 Å². The number of hydrazone groups is 1. The van der Waals surface area contributed by atoms with E-state index in [4.69, 9.17) is 10.9 Å². The SMILES string of the molecule is CC1(C)CC(=O)C(=N/O)/C(=N\NC(N)=S)C1. The molecule has 1 aliphatic rings. The van der Waals surface area contributed by atoms with Crippen LogP contribution in [0.15, 0.2) is 10.3 Å². The molecule has 1 saturated carbocycles. The highest BCUT2D eigenvalue weighted by molar-refractivity contribution is 7.80. The number of thiocarbonyl (C=S) groups is 1. The van der Waals surface area contributed by atoms with Crippen molar-refractivity contribution in [3.05, 3.63) is 0 Å². The first-order valence-electron chi connectivity index (χ1n) is 4.73. The van der Waals surface area contributed by atoms with Crippen molar-refractivity contribution in [1.29, 1.82) is 0 Å². The van der Waals surface area contributed by atoms with Crippen LogP contribution < -0.4 is 11.2 Å². The van der Waals surface area contributed by atoms with E-state index in [1.54, 1.807) is 0 Å². The van der Waals surface area contributed by atoms with Gasteiger partial charge in [-0.1, -0.05) is 19.0 Å². The van der Waals surface area contributed by atoms with Crippen LogP contribution >= 0.6 is 12.2 Å². The van der Waals surface area contributed by atoms with Crippen molar-refractivity contribution in [2.24, 2.45) is 21.4 Å². The van der Waals surface area contributed by atoms with Crippen LogP contribution in [-0.2, 0) is 4.79 Å². The van der Waals surface area contributed by atoms with E-state index >= 15 is 0 Å².